The summed E-state index contributed by atoms with van der Waals surface area (Å²) in [5.74, 6) is -1.30. The fourth-order valence-corrected chi connectivity index (χ4v) is 2.78. The molecule has 1 atom stereocenters. The number of aryl methyl sites for hydroxylation is 1. The van der Waals surface area contributed by atoms with Gasteiger partial charge in [-0.15, -0.1) is 0 Å². The molecule has 0 saturated carbocycles. The van der Waals surface area contributed by atoms with Gasteiger partial charge in [-0.1, -0.05) is 42.5 Å². The number of carbonyl (C=O) groups excluding carboxylic acids is 2. The van der Waals surface area contributed by atoms with E-state index in [1.807, 2.05) is 36.4 Å². The third-order valence-corrected chi connectivity index (χ3v) is 4.34. The largest absolute Gasteiger partial charge is 0.449 e. The quantitative estimate of drug-likeness (QED) is 0.407. The molecule has 0 saturated heterocycles. The van der Waals surface area contributed by atoms with E-state index in [2.05, 4.69) is 5.32 Å². The number of hydrogen-bond acceptors (Lipinski definition) is 5. The van der Waals surface area contributed by atoms with Crippen molar-refractivity contribution in [2.45, 2.75) is 20.0 Å². The van der Waals surface area contributed by atoms with E-state index in [9.17, 15) is 19.7 Å². The third kappa shape index (κ3) is 3.98. The van der Waals surface area contributed by atoms with Crippen LogP contribution in [0.2, 0.25) is 0 Å². The molecule has 0 unspecified atom stereocenters. The molecule has 0 heterocycles. The Hall–Kier alpha value is -3.74. The van der Waals surface area contributed by atoms with Crippen molar-refractivity contribution in [1.29, 1.82) is 0 Å². The Morgan fingerprint density at radius 1 is 1.07 bits per heavy atom. The molecule has 1 amide bonds. The molecular weight excluding hydrogens is 360 g/mol. The van der Waals surface area contributed by atoms with Gasteiger partial charge in [0.05, 0.1) is 10.5 Å². The summed E-state index contributed by atoms with van der Waals surface area (Å²) in [4.78, 5) is 35.2. The third-order valence-electron chi connectivity index (χ3n) is 4.34. The maximum Gasteiger partial charge on any atom is 0.339 e. The van der Waals surface area contributed by atoms with Crippen molar-refractivity contribution in [3.05, 3.63) is 81.9 Å². The van der Waals surface area contributed by atoms with Crippen molar-refractivity contribution in [2.75, 3.05) is 5.32 Å². The topological polar surface area (TPSA) is 98.5 Å². The van der Waals surface area contributed by atoms with Crippen LogP contribution in [0.4, 0.5) is 11.4 Å². The molecule has 0 aliphatic rings. The van der Waals surface area contributed by atoms with E-state index in [-0.39, 0.29) is 11.3 Å². The van der Waals surface area contributed by atoms with Crippen molar-refractivity contribution in [1.82, 2.24) is 0 Å². The Balaban J connectivity index is 1.73. The minimum absolute atomic E-state index is 0.0158. The Kier molecular flexibility index (Phi) is 5.35. The summed E-state index contributed by atoms with van der Waals surface area (Å²) in [5, 5.41) is 15.6. The van der Waals surface area contributed by atoms with Gasteiger partial charge < -0.3 is 10.1 Å². The molecule has 0 aromatic heterocycles. The molecular formula is C21H18N2O5. The average molecular weight is 378 g/mol. The Bertz CT molecular complexity index is 1070. The van der Waals surface area contributed by atoms with Gasteiger partial charge in [0, 0.05) is 22.7 Å². The molecule has 0 aliphatic heterocycles. The molecule has 7 nitrogen and oxygen atoms in total. The van der Waals surface area contributed by atoms with Crippen LogP contribution in [0.15, 0.2) is 60.7 Å². The molecule has 0 aliphatic carbocycles. The van der Waals surface area contributed by atoms with Crippen LogP contribution < -0.4 is 5.32 Å². The van der Waals surface area contributed by atoms with Gasteiger partial charge in [0.2, 0.25) is 0 Å². The zero-order valence-electron chi connectivity index (χ0n) is 15.3. The van der Waals surface area contributed by atoms with Crippen LogP contribution in [0, 0.1) is 17.0 Å². The number of amides is 1. The number of nitro benzene ring substituents is 1. The van der Waals surface area contributed by atoms with Crippen molar-refractivity contribution in [3.8, 4) is 0 Å². The number of nitro groups is 1. The van der Waals surface area contributed by atoms with Crippen molar-refractivity contribution < 1.29 is 19.2 Å². The number of nitrogens with zero attached hydrogens (tertiary/aromatic N) is 1. The summed E-state index contributed by atoms with van der Waals surface area (Å²) >= 11 is 0. The van der Waals surface area contributed by atoms with E-state index in [4.69, 9.17) is 4.74 Å². The van der Waals surface area contributed by atoms with Crippen molar-refractivity contribution >= 4 is 34.0 Å². The number of hydrogen-bond donors (Lipinski definition) is 1. The first-order valence-corrected chi connectivity index (χ1v) is 8.61. The van der Waals surface area contributed by atoms with Gasteiger partial charge in [0.1, 0.15) is 0 Å². The van der Waals surface area contributed by atoms with Gasteiger partial charge in [0.25, 0.3) is 11.6 Å². The van der Waals surface area contributed by atoms with E-state index in [0.717, 1.165) is 16.8 Å². The first-order valence-electron chi connectivity index (χ1n) is 8.61. The lowest BCUT2D eigenvalue weighted by Gasteiger charge is -2.15. The molecule has 3 rings (SSSR count). The van der Waals surface area contributed by atoms with Crippen LogP contribution in [0.25, 0.3) is 10.8 Å². The van der Waals surface area contributed by atoms with Crippen LogP contribution in [-0.2, 0) is 9.53 Å². The summed E-state index contributed by atoms with van der Waals surface area (Å²) in [6.07, 6.45) is -1.08. The normalized spacial score (nSPS) is 11.6. The van der Waals surface area contributed by atoms with E-state index >= 15 is 0 Å². The summed E-state index contributed by atoms with van der Waals surface area (Å²) < 4.78 is 5.18. The van der Waals surface area contributed by atoms with Crippen molar-refractivity contribution in [2.24, 2.45) is 0 Å². The summed E-state index contributed by atoms with van der Waals surface area (Å²) in [6, 6.07) is 17.1. The predicted octanol–water partition coefficient (Wildman–Crippen LogP) is 4.24. The first kappa shape index (κ1) is 19.0. The zero-order valence-corrected chi connectivity index (χ0v) is 15.3. The maximum absolute atomic E-state index is 12.5. The Morgan fingerprint density at radius 3 is 2.54 bits per heavy atom. The highest BCUT2D eigenvalue weighted by molar-refractivity contribution is 6.04. The van der Waals surface area contributed by atoms with Gasteiger partial charge in [0.15, 0.2) is 6.10 Å². The SMILES string of the molecule is Cc1ccc(C(=O)O[C@H](C)C(=O)Nc2cccc3ccccc23)cc1[N+](=O)[O-]. The van der Waals surface area contributed by atoms with Crippen LogP contribution >= 0.6 is 0 Å². The van der Waals surface area contributed by atoms with Gasteiger partial charge in [-0.25, -0.2) is 4.79 Å². The highest BCUT2D eigenvalue weighted by Gasteiger charge is 2.22. The van der Waals surface area contributed by atoms with E-state index in [0.29, 0.717) is 11.3 Å². The molecule has 1 N–H and O–H groups in total. The average Bonchev–Trinajstić information content (AvgIpc) is 2.68. The fourth-order valence-electron chi connectivity index (χ4n) is 2.78. The second-order valence-corrected chi connectivity index (χ2v) is 6.32. The Labute approximate surface area is 161 Å². The van der Waals surface area contributed by atoms with Crippen LogP contribution in [0.5, 0.6) is 0 Å². The number of ether oxygens (including phenoxy) is 1. The molecule has 3 aromatic rings. The van der Waals surface area contributed by atoms with E-state index in [1.54, 1.807) is 13.0 Å². The van der Waals surface area contributed by atoms with Crippen LogP contribution in [-0.4, -0.2) is 22.9 Å². The predicted molar refractivity (Wildman–Crippen MR) is 105 cm³/mol. The molecule has 0 bridgehead atoms. The van der Waals surface area contributed by atoms with Gasteiger partial charge in [-0.3, -0.25) is 14.9 Å². The van der Waals surface area contributed by atoms with Crippen LogP contribution in [0.1, 0.15) is 22.8 Å². The van der Waals surface area contributed by atoms with Crippen LogP contribution in [0.3, 0.4) is 0 Å². The minimum Gasteiger partial charge on any atom is -0.449 e. The molecule has 7 heteroatoms. The lowest BCUT2D eigenvalue weighted by Crippen LogP contribution is -2.30. The molecule has 3 aromatic carbocycles. The van der Waals surface area contributed by atoms with E-state index in [1.165, 1.54) is 19.1 Å². The zero-order chi connectivity index (χ0) is 20.3. The smallest absolute Gasteiger partial charge is 0.339 e. The second kappa shape index (κ2) is 7.87. The summed E-state index contributed by atoms with van der Waals surface area (Å²) in [5.41, 5.74) is 0.879. The van der Waals surface area contributed by atoms with Gasteiger partial charge in [-0.05, 0) is 31.4 Å². The highest BCUT2D eigenvalue weighted by Crippen LogP contribution is 2.24. The number of rotatable bonds is 5. The summed E-state index contributed by atoms with van der Waals surface area (Å²) in [6.45, 7) is 3.02. The fraction of sp³-hybridized carbons (Fsp3) is 0.143. The number of benzene rings is 3. The first-order chi connectivity index (χ1) is 13.4. The van der Waals surface area contributed by atoms with Gasteiger partial charge in [-0.2, -0.15) is 0 Å². The number of carbonyl (C=O) groups is 2. The molecule has 142 valence electrons. The number of esters is 1. The number of fused-ring (bicyclic) bond motifs is 1. The number of anilines is 1. The lowest BCUT2D eigenvalue weighted by molar-refractivity contribution is -0.385. The minimum atomic E-state index is -1.08. The van der Waals surface area contributed by atoms with E-state index < -0.39 is 22.9 Å². The number of nitrogens with one attached hydrogen (secondary N) is 1. The van der Waals surface area contributed by atoms with Crippen molar-refractivity contribution in [3.63, 3.8) is 0 Å². The molecule has 0 fully saturated rings. The second-order valence-electron chi connectivity index (χ2n) is 6.32. The lowest BCUT2D eigenvalue weighted by atomic mass is 10.1. The van der Waals surface area contributed by atoms with Gasteiger partial charge >= 0.3 is 5.97 Å². The maximum atomic E-state index is 12.5. The summed E-state index contributed by atoms with van der Waals surface area (Å²) in [7, 11) is 0. The highest BCUT2D eigenvalue weighted by atomic mass is 16.6. The standard InChI is InChI=1S/C21H18N2O5/c1-13-10-11-16(12-19(13)23(26)27)21(25)28-14(2)20(24)22-18-9-5-7-15-6-3-4-8-17(15)18/h3-12,14H,1-2H3,(H,22,24)/t14-/m1/s1. The monoisotopic (exact) mass is 378 g/mol. The molecule has 28 heavy (non-hydrogen) atoms. The molecule has 0 radical (unpaired) electrons. The molecule has 0 spiro atoms. The Morgan fingerprint density at radius 2 is 1.79 bits per heavy atom.